The van der Waals surface area contributed by atoms with Gasteiger partial charge < -0.3 is 9.47 Å². The van der Waals surface area contributed by atoms with Crippen molar-refractivity contribution in [1.82, 2.24) is 9.88 Å². The fourth-order valence-electron chi connectivity index (χ4n) is 4.42. The molecular formula is C22H23F3N2O3. The van der Waals surface area contributed by atoms with E-state index in [-0.39, 0.29) is 29.3 Å². The molecule has 3 heterocycles. The van der Waals surface area contributed by atoms with Crippen LogP contribution in [0.1, 0.15) is 34.3 Å². The Hall–Kier alpha value is -2.45. The molecule has 2 aromatic rings. The van der Waals surface area contributed by atoms with Gasteiger partial charge in [0.2, 0.25) is 5.88 Å². The van der Waals surface area contributed by atoms with Gasteiger partial charge in [0.1, 0.15) is 0 Å². The summed E-state index contributed by atoms with van der Waals surface area (Å²) in [5.41, 5.74) is 0.132. The lowest BCUT2D eigenvalue weighted by atomic mass is 9.80. The van der Waals surface area contributed by atoms with Gasteiger partial charge >= 0.3 is 6.18 Å². The topological polar surface area (TPSA) is 51.7 Å². The predicted octanol–water partition coefficient (Wildman–Crippen LogP) is 3.97. The van der Waals surface area contributed by atoms with E-state index in [0.29, 0.717) is 32.3 Å². The molecule has 0 aliphatic carbocycles. The molecule has 5 nitrogen and oxygen atoms in total. The number of ether oxygens (including phenoxy) is 2. The van der Waals surface area contributed by atoms with E-state index in [0.717, 1.165) is 12.6 Å². The van der Waals surface area contributed by atoms with Crippen molar-refractivity contribution in [3.8, 4) is 5.88 Å². The maximum Gasteiger partial charge on any atom is 0.417 e. The third-order valence-electron chi connectivity index (χ3n) is 5.89. The fraction of sp³-hybridized carbons (Fsp3) is 0.455. The molecule has 2 saturated heterocycles. The molecule has 2 bridgehead atoms. The van der Waals surface area contributed by atoms with Crippen LogP contribution in [0.25, 0.3) is 0 Å². The lowest BCUT2D eigenvalue weighted by Gasteiger charge is -2.48. The number of Topliss-reactive ketones (excluding diaryl/α,β-unsaturated/α-hetero) is 1. The van der Waals surface area contributed by atoms with Crippen LogP contribution in [-0.4, -0.2) is 48.1 Å². The van der Waals surface area contributed by atoms with Gasteiger partial charge in [-0.3, -0.25) is 9.69 Å². The minimum absolute atomic E-state index is 0.0383. The molecule has 1 aromatic carbocycles. The monoisotopic (exact) mass is 420 g/mol. The number of carbonyl (C=O) groups excluding carboxylic acids is 1. The largest absolute Gasteiger partial charge is 0.480 e. The van der Waals surface area contributed by atoms with E-state index in [1.165, 1.54) is 12.7 Å². The lowest BCUT2D eigenvalue weighted by Crippen LogP contribution is -2.57. The molecule has 0 saturated carbocycles. The molecule has 0 spiro atoms. The SMILES string of the molecule is COc1ncc(C(F)(F)F)cc1C(=O)C1CC2COCC(C1)N2Cc1ccccc1. The van der Waals surface area contributed by atoms with E-state index in [2.05, 4.69) is 22.0 Å². The van der Waals surface area contributed by atoms with Gasteiger partial charge in [0.25, 0.3) is 0 Å². The van der Waals surface area contributed by atoms with Crippen LogP contribution in [0, 0.1) is 5.92 Å². The lowest BCUT2D eigenvalue weighted by molar-refractivity contribution is -0.137. The van der Waals surface area contributed by atoms with Crippen molar-refractivity contribution in [3.63, 3.8) is 0 Å². The van der Waals surface area contributed by atoms with E-state index >= 15 is 0 Å². The highest BCUT2D eigenvalue weighted by molar-refractivity contribution is 6.00. The van der Waals surface area contributed by atoms with E-state index in [1.54, 1.807) is 0 Å². The quantitative estimate of drug-likeness (QED) is 0.685. The van der Waals surface area contributed by atoms with Gasteiger partial charge in [0.05, 0.1) is 31.5 Å². The standard InChI is InChI=1S/C22H23F3N2O3/c1-29-21-19(9-16(10-26-21)22(23,24)25)20(28)15-7-17-12-30-13-18(8-15)27(17)11-14-5-3-2-4-6-14/h2-6,9-10,15,17-18H,7-8,11-13H2,1H3. The number of fused-ring (bicyclic) bond motifs is 2. The van der Waals surface area contributed by atoms with Crippen LogP contribution in [0.15, 0.2) is 42.6 Å². The number of ketones is 1. The zero-order chi connectivity index (χ0) is 21.3. The number of nitrogens with zero attached hydrogens (tertiary/aromatic N) is 2. The molecular weight excluding hydrogens is 397 g/mol. The highest BCUT2D eigenvalue weighted by Crippen LogP contribution is 2.37. The summed E-state index contributed by atoms with van der Waals surface area (Å²) in [7, 11) is 1.30. The summed E-state index contributed by atoms with van der Waals surface area (Å²) in [6.07, 6.45) is -2.82. The molecule has 4 rings (SSSR count). The number of benzene rings is 1. The zero-order valence-electron chi connectivity index (χ0n) is 16.6. The molecule has 2 fully saturated rings. The average molecular weight is 420 g/mol. The van der Waals surface area contributed by atoms with Gasteiger partial charge in [0.15, 0.2) is 5.78 Å². The Morgan fingerprint density at radius 3 is 2.47 bits per heavy atom. The number of aromatic nitrogens is 1. The number of rotatable bonds is 5. The highest BCUT2D eigenvalue weighted by atomic mass is 19.4. The minimum Gasteiger partial charge on any atom is -0.480 e. The second kappa shape index (κ2) is 8.35. The van der Waals surface area contributed by atoms with Gasteiger partial charge in [-0.25, -0.2) is 4.98 Å². The molecule has 30 heavy (non-hydrogen) atoms. The van der Waals surface area contributed by atoms with Crippen LogP contribution in [0.5, 0.6) is 5.88 Å². The van der Waals surface area contributed by atoms with E-state index in [9.17, 15) is 18.0 Å². The first-order valence-corrected chi connectivity index (χ1v) is 9.89. The molecule has 0 amide bonds. The Morgan fingerprint density at radius 1 is 1.20 bits per heavy atom. The van der Waals surface area contributed by atoms with Crippen LogP contribution in [0.3, 0.4) is 0 Å². The Labute approximate surface area is 172 Å². The Morgan fingerprint density at radius 2 is 1.87 bits per heavy atom. The summed E-state index contributed by atoms with van der Waals surface area (Å²) >= 11 is 0. The van der Waals surface area contributed by atoms with Crippen LogP contribution in [0.4, 0.5) is 13.2 Å². The number of halogens is 3. The van der Waals surface area contributed by atoms with Gasteiger partial charge in [-0.1, -0.05) is 30.3 Å². The zero-order valence-corrected chi connectivity index (χ0v) is 16.6. The Kier molecular flexibility index (Phi) is 5.79. The molecule has 2 unspecified atom stereocenters. The van der Waals surface area contributed by atoms with Crippen LogP contribution >= 0.6 is 0 Å². The van der Waals surface area contributed by atoms with Gasteiger partial charge in [0, 0.05) is 30.7 Å². The number of hydrogen-bond donors (Lipinski definition) is 0. The van der Waals surface area contributed by atoms with Crippen LogP contribution in [-0.2, 0) is 17.5 Å². The van der Waals surface area contributed by atoms with Crippen molar-refractivity contribution in [2.45, 2.75) is 37.6 Å². The fourth-order valence-corrected chi connectivity index (χ4v) is 4.42. The number of pyridine rings is 1. The van der Waals surface area contributed by atoms with E-state index < -0.39 is 17.7 Å². The summed E-state index contributed by atoms with van der Waals surface area (Å²) in [4.78, 5) is 19.3. The Bertz CT molecular complexity index is 890. The summed E-state index contributed by atoms with van der Waals surface area (Å²) in [5.74, 6) is -0.807. The first-order chi connectivity index (χ1) is 14.4. The molecule has 2 aliphatic heterocycles. The average Bonchev–Trinajstić information content (AvgIpc) is 2.72. The van der Waals surface area contributed by atoms with Crippen LogP contribution in [0.2, 0.25) is 0 Å². The second-order valence-corrected chi connectivity index (χ2v) is 7.81. The van der Waals surface area contributed by atoms with Gasteiger partial charge in [-0.2, -0.15) is 13.2 Å². The smallest absolute Gasteiger partial charge is 0.417 e. The molecule has 0 N–H and O–H groups in total. The molecule has 1 aromatic heterocycles. The van der Waals surface area contributed by atoms with E-state index in [1.807, 2.05) is 18.2 Å². The molecule has 160 valence electrons. The number of morpholine rings is 1. The maximum absolute atomic E-state index is 13.2. The summed E-state index contributed by atoms with van der Waals surface area (Å²) in [6, 6.07) is 11.0. The Balaban J connectivity index is 1.56. The first-order valence-electron chi connectivity index (χ1n) is 9.89. The second-order valence-electron chi connectivity index (χ2n) is 7.81. The summed E-state index contributed by atoms with van der Waals surface area (Å²) in [6.45, 7) is 1.77. The number of carbonyl (C=O) groups is 1. The number of piperidine rings is 1. The summed E-state index contributed by atoms with van der Waals surface area (Å²) < 4.78 is 50.2. The first kappa shape index (κ1) is 20.8. The van der Waals surface area contributed by atoms with Crippen molar-refractivity contribution >= 4 is 5.78 Å². The minimum atomic E-state index is -4.57. The number of methoxy groups -OCH3 is 1. The van der Waals surface area contributed by atoms with Crippen molar-refractivity contribution in [3.05, 3.63) is 59.3 Å². The van der Waals surface area contributed by atoms with Gasteiger partial charge in [-0.15, -0.1) is 0 Å². The van der Waals surface area contributed by atoms with Crippen molar-refractivity contribution in [2.75, 3.05) is 20.3 Å². The number of hydrogen-bond acceptors (Lipinski definition) is 5. The van der Waals surface area contributed by atoms with E-state index in [4.69, 9.17) is 9.47 Å². The molecule has 2 atom stereocenters. The van der Waals surface area contributed by atoms with Crippen molar-refractivity contribution < 1.29 is 27.4 Å². The molecule has 8 heteroatoms. The third kappa shape index (κ3) is 4.20. The maximum atomic E-state index is 13.2. The molecule has 2 aliphatic rings. The van der Waals surface area contributed by atoms with Crippen molar-refractivity contribution in [1.29, 1.82) is 0 Å². The summed E-state index contributed by atoms with van der Waals surface area (Å²) in [5, 5.41) is 0. The molecule has 0 radical (unpaired) electrons. The third-order valence-corrected chi connectivity index (χ3v) is 5.89. The van der Waals surface area contributed by atoms with Crippen LogP contribution < -0.4 is 4.74 Å². The van der Waals surface area contributed by atoms with Gasteiger partial charge in [-0.05, 0) is 24.5 Å². The van der Waals surface area contributed by atoms with Crippen molar-refractivity contribution in [2.24, 2.45) is 5.92 Å². The normalized spacial score (nSPS) is 24.5. The predicted molar refractivity (Wildman–Crippen MR) is 103 cm³/mol. The highest BCUT2D eigenvalue weighted by Gasteiger charge is 2.42. The number of alkyl halides is 3.